The standard InChI is InChI=1S/C22H26F3NO5/c1-4-29-20(27)16(21(28)30-5-2)8-6-7-9-17-18(22(23,24)25)31-19(26-17)15-12-10-14(3)11-13-15/h10-13,16H,4-9H2,1-3H3. The molecule has 0 aliphatic rings. The van der Waals surface area contributed by atoms with Crippen LogP contribution in [0.5, 0.6) is 0 Å². The Kier molecular flexibility index (Phi) is 8.65. The Bertz CT molecular complexity index is 856. The number of halogens is 3. The summed E-state index contributed by atoms with van der Waals surface area (Å²) in [5.74, 6) is -3.71. The minimum atomic E-state index is -4.68. The van der Waals surface area contributed by atoms with Crippen molar-refractivity contribution in [2.24, 2.45) is 5.92 Å². The van der Waals surface area contributed by atoms with E-state index < -0.39 is 29.8 Å². The van der Waals surface area contributed by atoms with Gasteiger partial charge in [-0.1, -0.05) is 24.1 Å². The molecular weight excluding hydrogens is 415 g/mol. The van der Waals surface area contributed by atoms with Crippen LogP contribution in [0.4, 0.5) is 13.2 Å². The van der Waals surface area contributed by atoms with E-state index in [0.717, 1.165) is 5.56 Å². The van der Waals surface area contributed by atoms with Crippen LogP contribution in [0, 0.1) is 12.8 Å². The van der Waals surface area contributed by atoms with Gasteiger partial charge in [-0.3, -0.25) is 9.59 Å². The number of aromatic nitrogens is 1. The van der Waals surface area contributed by atoms with Gasteiger partial charge in [-0.2, -0.15) is 13.2 Å². The number of hydrogen-bond donors (Lipinski definition) is 0. The zero-order chi connectivity index (χ0) is 23.0. The fourth-order valence-corrected chi connectivity index (χ4v) is 3.02. The Morgan fingerprint density at radius 3 is 2.13 bits per heavy atom. The highest BCUT2D eigenvalue weighted by Crippen LogP contribution is 2.36. The summed E-state index contributed by atoms with van der Waals surface area (Å²) in [4.78, 5) is 28.0. The highest BCUT2D eigenvalue weighted by molar-refractivity contribution is 5.94. The second-order valence-electron chi connectivity index (χ2n) is 6.96. The lowest BCUT2D eigenvalue weighted by Gasteiger charge is -2.14. The number of benzene rings is 1. The summed E-state index contributed by atoms with van der Waals surface area (Å²) in [7, 11) is 0. The predicted octanol–water partition coefficient (Wildman–Crippen LogP) is 5.12. The largest absolute Gasteiger partial charge is 0.465 e. The Morgan fingerprint density at radius 2 is 1.61 bits per heavy atom. The number of ether oxygens (including phenoxy) is 2. The molecule has 0 unspecified atom stereocenters. The van der Waals surface area contributed by atoms with Gasteiger partial charge in [0.15, 0.2) is 5.92 Å². The van der Waals surface area contributed by atoms with Gasteiger partial charge in [-0.05, 0) is 52.2 Å². The first kappa shape index (κ1) is 24.4. The van der Waals surface area contributed by atoms with E-state index in [1.165, 1.54) is 0 Å². The highest BCUT2D eigenvalue weighted by atomic mass is 19.4. The minimum absolute atomic E-state index is 0.0113. The molecule has 0 N–H and O–H groups in total. The van der Waals surface area contributed by atoms with E-state index in [1.54, 1.807) is 38.1 Å². The summed E-state index contributed by atoms with van der Waals surface area (Å²) in [6.45, 7) is 5.34. The zero-order valence-corrected chi connectivity index (χ0v) is 17.8. The second kappa shape index (κ2) is 11.0. The molecule has 1 aromatic carbocycles. The fraction of sp³-hybridized carbons (Fsp3) is 0.500. The summed E-state index contributed by atoms with van der Waals surface area (Å²) in [6, 6.07) is 6.82. The number of carbonyl (C=O) groups excluding carboxylic acids is 2. The maximum Gasteiger partial charge on any atom is 0.451 e. The van der Waals surface area contributed by atoms with Crippen molar-refractivity contribution in [3.05, 3.63) is 41.3 Å². The molecule has 0 fully saturated rings. The summed E-state index contributed by atoms with van der Waals surface area (Å²) in [5, 5.41) is 0. The maximum atomic E-state index is 13.4. The quantitative estimate of drug-likeness (QED) is 0.289. The molecule has 0 bridgehead atoms. The fourth-order valence-electron chi connectivity index (χ4n) is 3.02. The molecule has 0 saturated carbocycles. The Hall–Kier alpha value is -2.84. The third-order valence-electron chi connectivity index (χ3n) is 4.55. The van der Waals surface area contributed by atoms with Crippen LogP contribution in [0.1, 0.15) is 50.1 Å². The number of alkyl halides is 3. The van der Waals surface area contributed by atoms with E-state index in [4.69, 9.17) is 13.9 Å². The van der Waals surface area contributed by atoms with Crippen LogP contribution in [0.3, 0.4) is 0 Å². The van der Waals surface area contributed by atoms with Crippen molar-refractivity contribution in [2.75, 3.05) is 13.2 Å². The molecule has 0 amide bonds. The third kappa shape index (κ3) is 6.83. The van der Waals surface area contributed by atoms with Crippen molar-refractivity contribution < 1.29 is 36.7 Å². The average Bonchev–Trinajstić information content (AvgIpc) is 3.13. The van der Waals surface area contributed by atoms with Crippen LogP contribution >= 0.6 is 0 Å². The predicted molar refractivity (Wildman–Crippen MR) is 106 cm³/mol. The van der Waals surface area contributed by atoms with E-state index >= 15 is 0 Å². The van der Waals surface area contributed by atoms with Crippen molar-refractivity contribution in [2.45, 2.75) is 52.6 Å². The first-order valence-electron chi connectivity index (χ1n) is 10.1. The smallest absolute Gasteiger partial charge is 0.451 e. The molecule has 0 spiro atoms. The van der Waals surface area contributed by atoms with Gasteiger partial charge >= 0.3 is 18.1 Å². The third-order valence-corrected chi connectivity index (χ3v) is 4.55. The summed E-state index contributed by atoms with van der Waals surface area (Å²) in [5.41, 5.74) is 1.21. The molecule has 0 aliphatic carbocycles. The lowest BCUT2D eigenvalue weighted by molar-refractivity contribution is -0.162. The SMILES string of the molecule is CCOC(=O)C(CCCCc1nc(-c2ccc(C)cc2)oc1C(F)(F)F)C(=O)OCC. The molecule has 6 nitrogen and oxygen atoms in total. The molecule has 1 aromatic heterocycles. The molecule has 0 atom stereocenters. The van der Waals surface area contributed by atoms with E-state index in [-0.39, 0.29) is 44.1 Å². The maximum absolute atomic E-state index is 13.4. The summed E-state index contributed by atoms with van der Waals surface area (Å²) < 4.78 is 55.0. The van der Waals surface area contributed by atoms with Crippen LogP contribution in [-0.4, -0.2) is 30.1 Å². The van der Waals surface area contributed by atoms with Gasteiger partial charge in [-0.15, -0.1) is 0 Å². The first-order chi connectivity index (χ1) is 14.7. The Balaban J connectivity index is 2.08. The van der Waals surface area contributed by atoms with E-state index in [0.29, 0.717) is 12.0 Å². The van der Waals surface area contributed by atoms with Gasteiger partial charge in [0.1, 0.15) is 0 Å². The molecular formula is C22H26F3NO5. The van der Waals surface area contributed by atoms with Crippen LogP contribution < -0.4 is 0 Å². The van der Waals surface area contributed by atoms with Gasteiger partial charge < -0.3 is 13.9 Å². The molecule has 2 rings (SSSR count). The van der Waals surface area contributed by atoms with Gasteiger partial charge in [0.05, 0.1) is 18.9 Å². The van der Waals surface area contributed by atoms with Crippen molar-refractivity contribution >= 4 is 11.9 Å². The number of carbonyl (C=O) groups is 2. The number of oxazole rings is 1. The van der Waals surface area contributed by atoms with Gasteiger partial charge in [0.2, 0.25) is 11.7 Å². The van der Waals surface area contributed by atoms with Crippen LogP contribution in [0.15, 0.2) is 28.7 Å². The normalized spacial score (nSPS) is 11.6. The number of hydrogen-bond acceptors (Lipinski definition) is 6. The highest BCUT2D eigenvalue weighted by Gasteiger charge is 2.39. The van der Waals surface area contributed by atoms with Gasteiger partial charge in [-0.25, -0.2) is 4.98 Å². The lowest BCUT2D eigenvalue weighted by Crippen LogP contribution is -2.28. The number of aryl methyl sites for hydroxylation is 2. The molecule has 0 saturated heterocycles. The van der Waals surface area contributed by atoms with Crippen LogP contribution in [0.25, 0.3) is 11.5 Å². The minimum Gasteiger partial charge on any atom is -0.465 e. The Labute approximate surface area is 178 Å². The zero-order valence-electron chi connectivity index (χ0n) is 17.8. The second-order valence-corrected chi connectivity index (χ2v) is 6.96. The number of unbranched alkanes of at least 4 members (excludes halogenated alkanes) is 1. The number of esters is 2. The van der Waals surface area contributed by atoms with Crippen molar-refractivity contribution in [3.8, 4) is 11.5 Å². The van der Waals surface area contributed by atoms with Gasteiger partial charge in [0, 0.05) is 5.56 Å². The van der Waals surface area contributed by atoms with Crippen molar-refractivity contribution in [3.63, 3.8) is 0 Å². The Morgan fingerprint density at radius 1 is 1.03 bits per heavy atom. The molecule has 1 heterocycles. The number of nitrogens with zero attached hydrogens (tertiary/aromatic N) is 1. The summed E-state index contributed by atoms with van der Waals surface area (Å²) in [6.07, 6.45) is -3.99. The van der Waals surface area contributed by atoms with E-state index in [1.807, 2.05) is 6.92 Å². The average molecular weight is 441 g/mol. The molecule has 0 radical (unpaired) electrons. The lowest BCUT2D eigenvalue weighted by atomic mass is 10.0. The van der Waals surface area contributed by atoms with E-state index in [9.17, 15) is 22.8 Å². The molecule has 2 aromatic rings. The topological polar surface area (TPSA) is 78.6 Å². The van der Waals surface area contributed by atoms with Crippen LogP contribution in [-0.2, 0) is 31.7 Å². The molecule has 9 heteroatoms. The summed E-state index contributed by atoms with van der Waals surface area (Å²) >= 11 is 0. The van der Waals surface area contributed by atoms with Gasteiger partial charge in [0.25, 0.3) is 0 Å². The monoisotopic (exact) mass is 441 g/mol. The molecule has 170 valence electrons. The van der Waals surface area contributed by atoms with Crippen molar-refractivity contribution in [1.29, 1.82) is 0 Å². The van der Waals surface area contributed by atoms with Crippen molar-refractivity contribution in [1.82, 2.24) is 4.98 Å². The van der Waals surface area contributed by atoms with Crippen LogP contribution in [0.2, 0.25) is 0 Å². The van der Waals surface area contributed by atoms with E-state index in [2.05, 4.69) is 4.98 Å². The molecule has 0 aliphatic heterocycles. The first-order valence-corrected chi connectivity index (χ1v) is 10.1. The molecule has 31 heavy (non-hydrogen) atoms. The number of rotatable bonds is 10.